The molecule has 0 unspecified atom stereocenters. The maximum absolute atomic E-state index is 13.4. The smallest absolute Gasteiger partial charge is 0.336 e. The van der Waals surface area contributed by atoms with E-state index in [1.165, 1.54) is 15.2 Å². The van der Waals surface area contributed by atoms with Gasteiger partial charge in [-0.15, -0.1) is 0 Å². The van der Waals surface area contributed by atoms with E-state index in [4.69, 9.17) is 4.74 Å². The van der Waals surface area contributed by atoms with E-state index < -0.39 is 5.56 Å². The highest BCUT2D eigenvalue weighted by Crippen LogP contribution is 2.30. The Morgan fingerprint density at radius 1 is 1.11 bits per heavy atom. The van der Waals surface area contributed by atoms with Gasteiger partial charge >= 0.3 is 5.69 Å². The molecular formula is C22H23N3O3. The highest BCUT2D eigenvalue weighted by atomic mass is 16.5. The van der Waals surface area contributed by atoms with Crippen LogP contribution in [0.1, 0.15) is 31.4 Å². The van der Waals surface area contributed by atoms with Gasteiger partial charge in [0, 0.05) is 6.54 Å². The lowest BCUT2D eigenvalue weighted by atomic mass is 9.87. The van der Waals surface area contributed by atoms with Crippen LogP contribution in [0.3, 0.4) is 0 Å². The number of aromatic nitrogens is 2. The van der Waals surface area contributed by atoms with Crippen molar-refractivity contribution in [2.75, 3.05) is 0 Å². The number of fused-ring (bicyclic) bond motifs is 2. The van der Waals surface area contributed by atoms with Gasteiger partial charge in [0.25, 0.3) is 5.56 Å². The topological polar surface area (TPSA) is 65.6 Å². The molecule has 6 nitrogen and oxygen atoms in total. The van der Waals surface area contributed by atoms with Crippen LogP contribution in [0.4, 0.5) is 5.69 Å². The molecule has 2 aliphatic carbocycles. The molecule has 1 aromatic heterocycles. The van der Waals surface area contributed by atoms with Gasteiger partial charge in [-0.05, 0) is 68.7 Å². The lowest BCUT2D eigenvalue weighted by Crippen LogP contribution is -2.42. The quantitative estimate of drug-likeness (QED) is 0.742. The lowest BCUT2D eigenvalue weighted by molar-refractivity contribution is 0.0707. The van der Waals surface area contributed by atoms with Gasteiger partial charge in [0.1, 0.15) is 5.76 Å². The van der Waals surface area contributed by atoms with E-state index in [2.05, 4.69) is 18.3 Å². The summed E-state index contributed by atoms with van der Waals surface area (Å²) in [5.74, 6) is 1.01. The molecule has 0 radical (unpaired) electrons. The molecule has 1 aromatic rings. The van der Waals surface area contributed by atoms with Crippen LogP contribution in [0.15, 0.2) is 63.4 Å². The molecule has 28 heavy (non-hydrogen) atoms. The molecule has 0 spiro atoms. The van der Waals surface area contributed by atoms with Crippen molar-refractivity contribution in [3.63, 3.8) is 0 Å². The summed E-state index contributed by atoms with van der Waals surface area (Å²) in [6.07, 6.45) is 16.4. The van der Waals surface area contributed by atoms with Crippen LogP contribution in [-0.2, 0) is 11.3 Å². The van der Waals surface area contributed by atoms with E-state index in [1.807, 2.05) is 36.5 Å². The maximum atomic E-state index is 13.4. The Morgan fingerprint density at radius 2 is 1.86 bits per heavy atom. The Hall–Kier alpha value is -3.15. The molecule has 0 atom stereocenters. The standard InChI is InChI=1S/C22H23N3O3/c1-3-19-20(23-2)21(26)24-14-15-8-11-18(12-9-15)28-17-7-5-4-6-16(10-13-17)25(19)22(24)27/h3-7,10,13,15,18H,1-2,8-9,11-12,14H2. The molecular weight excluding hydrogens is 354 g/mol. The van der Waals surface area contributed by atoms with Gasteiger partial charge in [-0.2, -0.15) is 0 Å². The number of ether oxygens (including phenoxy) is 1. The van der Waals surface area contributed by atoms with Crippen molar-refractivity contribution in [1.82, 2.24) is 9.13 Å². The molecule has 1 fully saturated rings. The fourth-order valence-corrected chi connectivity index (χ4v) is 4.09. The van der Waals surface area contributed by atoms with Crippen molar-refractivity contribution in [2.24, 2.45) is 10.9 Å². The molecule has 0 aromatic carbocycles. The fourth-order valence-electron chi connectivity index (χ4n) is 4.09. The van der Waals surface area contributed by atoms with Crippen molar-refractivity contribution < 1.29 is 4.74 Å². The summed E-state index contributed by atoms with van der Waals surface area (Å²) in [5.41, 5.74) is 0.300. The average Bonchev–Trinajstić information content (AvgIpc) is 2.69. The summed E-state index contributed by atoms with van der Waals surface area (Å²) in [5, 5.41) is 0. The summed E-state index contributed by atoms with van der Waals surface area (Å²) >= 11 is 0. The van der Waals surface area contributed by atoms with E-state index in [1.54, 1.807) is 0 Å². The molecule has 6 bridgehead atoms. The van der Waals surface area contributed by atoms with Gasteiger partial charge < -0.3 is 4.74 Å². The monoisotopic (exact) mass is 377 g/mol. The minimum atomic E-state index is -0.411. The Morgan fingerprint density at radius 3 is 2.57 bits per heavy atom. The zero-order valence-corrected chi connectivity index (χ0v) is 15.7. The lowest BCUT2D eigenvalue weighted by Gasteiger charge is -2.29. The van der Waals surface area contributed by atoms with Gasteiger partial charge in [-0.3, -0.25) is 18.9 Å². The second-order valence-corrected chi connectivity index (χ2v) is 7.27. The Balaban J connectivity index is 2.03. The van der Waals surface area contributed by atoms with Gasteiger partial charge in [-0.25, -0.2) is 4.79 Å². The van der Waals surface area contributed by atoms with Crippen molar-refractivity contribution in [2.45, 2.75) is 38.3 Å². The summed E-state index contributed by atoms with van der Waals surface area (Å²) in [7, 11) is 0. The molecule has 2 aliphatic heterocycles. The fraction of sp³-hybridized carbons (Fsp3) is 0.318. The first-order valence-electron chi connectivity index (χ1n) is 9.55. The van der Waals surface area contributed by atoms with Crippen LogP contribution in [-0.4, -0.2) is 22.0 Å². The number of hydrogen-bond donors (Lipinski definition) is 0. The van der Waals surface area contributed by atoms with Crippen molar-refractivity contribution in [1.29, 1.82) is 0 Å². The Kier molecular flexibility index (Phi) is 4.86. The molecule has 144 valence electrons. The molecule has 0 amide bonds. The number of rotatable bonds is 2. The van der Waals surface area contributed by atoms with Crippen LogP contribution in [0.25, 0.3) is 11.8 Å². The van der Waals surface area contributed by atoms with E-state index in [0.717, 1.165) is 31.4 Å². The largest absolute Gasteiger partial charge is 0.490 e. The van der Waals surface area contributed by atoms with Crippen molar-refractivity contribution in [3.8, 4) is 0 Å². The van der Waals surface area contributed by atoms with E-state index in [9.17, 15) is 9.59 Å². The third-order valence-corrected chi connectivity index (χ3v) is 5.56. The first-order valence-corrected chi connectivity index (χ1v) is 9.55. The second-order valence-electron chi connectivity index (χ2n) is 7.27. The van der Waals surface area contributed by atoms with Crippen LogP contribution in [0, 0.1) is 5.92 Å². The number of aliphatic imine (C=N–C) groups is 1. The molecule has 5 rings (SSSR count). The summed E-state index contributed by atoms with van der Waals surface area (Å²) in [4.78, 5) is 30.3. The summed E-state index contributed by atoms with van der Waals surface area (Å²) in [6.45, 7) is 7.71. The normalized spacial score (nSPS) is 23.3. The van der Waals surface area contributed by atoms with Crippen LogP contribution in [0.5, 0.6) is 0 Å². The number of allylic oxidation sites excluding steroid dienone is 7. The molecule has 0 N–H and O–H groups in total. The molecule has 0 saturated heterocycles. The molecule has 1 saturated carbocycles. The zero-order valence-electron chi connectivity index (χ0n) is 15.7. The van der Waals surface area contributed by atoms with Gasteiger partial charge in [0.2, 0.25) is 0 Å². The third kappa shape index (κ3) is 3.15. The first-order chi connectivity index (χ1) is 13.6. The van der Waals surface area contributed by atoms with E-state index >= 15 is 0 Å². The first kappa shape index (κ1) is 18.2. The van der Waals surface area contributed by atoms with Gasteiger partial charge in [0.05, 0.1) is 17.5 Å². The molecule has 4 aliphatic rings. The summed E-state index contributed by atoms with van der Waals surface area (Å²) < 4.78 is 8.96. The highest BCUT2D eigenvalue weighted by Gasteiger charge is 2.26. The van der Waals surface area contributed by atoms with Crippen LogP contribution >= 0.6 is 0 Å². The van der Waals surface area contributed by atoms with Crippen LogP contribution in [0.2, 0.25) is 0 Å². The Bertz CT molecular complexity index is 1060. The van der Waals surface area contributed by atoms with Crippen LogP contribution < -0.4 is 11.2 Å². The van der Waals surface area contributed by atoms with E-state index in [-0.39, 0.29) is 23.4 Å². The third-order valence-electron chi connectivity index (χ3n) is 5.56. The molecule has 3 heterocycles. The van der Waals surface area contributed by atoms with Gasteiger partial charge in [-0.1, -0.05) is 18.7 Å². The predicted octanol–water partition coefficient (Wildman–Crippen LogP) is 3.42. The van der Waals surface area contributed by atoms with Crippen molar-refractivity contribution in [3.05, 3.63) is 75.3 Å². The highest BCUT2D eigenvalue weighted by molar-refractivity contribution is 5.70. The maximum Gasteiger partial charge on any atom is 0.336 e. The minimum absolute atomic E-state index is 0.144. The number of nitrogens with zero attached hydrogens (tertiary/aromatic N) is 3. The predicted molar refractivity (Wildman–Crippen MR) is 112 cm³/mol. The Labute approximate surface area is 163 Å². The van der Waals surface area contributed by atoms with Crippen molar-refractivity contribution >= 4 is 24.2 Å². The summed E-state index contributed by atoms with van der Waals surface area (Å²) in [6, 6.07) is 0. The minimum Gasteiger partial charge on any atom is -0.490 e. The average molecular weight is 377 g/mol. The van der Waals surface area contributed by atoms with E-state index in [0.29, 0.717) is 17.9 Å². The SMILES string of the molecule is C=Cc1c(N=C)c(=O)n2c(=O)n1C1=CC=CC=C(C=C1)OC1CCC(CC1)C2. The van der Waals surface area contributed by atoms with Gasteiger partial charge in [0.15, 0.2) is 5.69 Å². The number of hydrogen-bond acceptors (Lipinski definition) is 4. The molecule has 6 heteroatoms. The zero-order chi connectivity index (χ0) is 19.7. The second kappa shape index (κ2) is 7.46.